The summed E-state index contributed by atoms with van der Waals surface area (Å²) in [4.78, 5) is 23.5. The van der Waals surface area contributed by atoms with Crippen LogP contribution in [-0.2, 0) is 42.7 Å². The molecule has 0 radical (unpaired) electrons. The third-order valence-corrected chi connectivity index (χ3v) is 8.72. The van der Waals surface area contributed by atoms with Gasteiger partial charge in [0.05, 0.1) is 26.4 Å². The van der Waals surface area contributed by atoms with Gasteiger partial charge in [0.25, 0.3) is 0 Å². The molecule has 0 bridgehead atoms. The molecule has 0 aromatic heterocycles. The van der Waals surface area contributed by atoms with Crippen LogP contribution in [0.3, 0.4) is 0 Å². The van der Waals surface area contributed by atoms with Gasteiger partial charge in [-0.3, -0.25) is 9.59 Å². The lowest BCUT2D eigenvalue weighted by molar-refractivity contribution is -0.381. The highest BCUT2D eigenvalue weighted by Gasteiger charge is 2.54. The molecule has 0 unspecified atom stereocenters. The summed E-state index contributed by atoms with van der Waals surface area (Å²) < 4.78 is 39.4. The topological polar surface area (TPSA) is 273 Å². The van der Waals surface area contributed by atoms with Crippen molar-refractivity contribution in [2.45, 2.75) is 151 Å². The van der Waals surface area contributed by atoms with Gasteiger partial charge in [0.2, 0.25) is 5.91 Å². The van der Waals surface area contributed by atoms with Crippen molar-refractivity contribution in [3.8, 4) is 0 Å². The fraction of sp³-hybridized carbons (Fsp3) is 0.933. The molecular formula is C30H53NO17. The predicted molar refractivity (Wildman–Crippen MR) is 160 cm³/mol. The lowest BCUT2D eigenvalue weighted by Gasteiger charge is -2.49. The van der Waals surface area contributed by atoms with E-state index in [-0.39, 0.29) is 12.6 Å². The van der Waals surface area contributed by atoms with Crippen LogP contribution >= 0.6 is 0 Å². The Morgan fingerprint density at radius 2 is 1.25 bits per heavy atom. The fourth-order valence-corrected chi connectivity index (χ4v) is 5.89. The van der Waals surface area contributed by atoms with Crippen molar-refractivity contribution in [3.63, 3.8) is 0 Å². The van der Waals surface area contributed by atoms with Crippen molar-refractivity contribution >= 4 is 11.9 Å². The van der Waals surface area contributed by atoms with E-state index in [1.54, 1.807) is 0 Å². The summed E-state index contributed by atoms with van der Waals surface area (Å²) in [6.07, 6.45) is -16.3. The highest BCUT2D eigenvalue weighted by atomic mass is 16.8. The van der Waals surface area contributed by atoms with Gasteiger partial charge >= 0.3 is 5.97 Å². The largest absolute Gasteiger partial charge is 0.469 e. The first-order valence-electron chi connectivity index (χ1n) is 16.4. The molecule has 0 aromatic carbocycles. The third kappa shape index (κ3) is 10.7. The van der Waals surface area contributed by atoms with Crippen LogP contribution in [0, 0.1) is 0 Å². The molecule has 0 spiro atoms. The summed E-state index contributed by atoms with van der Waals surface area (Å²) in [5, 5.41) is 86.0. The smallest absolute Gasteiger partial charge is 0.305 e. The second-order valence-corrected chi connectivity index (χ2v) is 12.4. The third-order valence-electron chi connectivity index (χ3n) is 8.72. The lowest BCUT2D eigenvalue weighted by atomic mass is 9.95. The first kappa shape index (κ1) is 40.8. The van der Waals surface area contributed by atoms with Gasteiger partial charge in [-0.15, -0.1) is 0 Å². The SMILES string of the molecule is COC(=O)CCCCCCCCO[C@@H]1O[C@H](CO)[C@@H](O)[C@H](O[C@@H]2O[C@H](CO)[C@H](O)[C@H](O)[C@H]2O[C@@H]2O[C@@H](C)[C@@H](O)[C@@H](O)[C@@H]2O)[C@H]1NC(C)=O. The zero-order valence-corrected chi connectivity index (χ0v) is 27.5. The zero-order chi connectivity index (χ0) is 35.5. The van der Waals surface area contributed by atoms with Crippen molar-refractivity contribution in [2.75, 3.05) is 26.9 Å². The van der Waals surface area contributed by atoms with Crippen LogP contribution in [0.25, 0.3) is 0 Å². The average molecular weight is 700 g/mol. The van der Waals surface area contributed by atoms with E-state index in [9.17, 15) is 50.4 Å². The number of esters is 1. The number of hydrogen-bond donors (Lipinski definition) is 9. The minimum Gasteiger partial charge on any atom is -0.469 e. The molecule has 3 aliphatic rings. The Morgan fingerprint density at radius 3 is 1.88 bits per heavy atom. The van der Waals surface area contributed by atoms with Crippen molar-refractivity contribution in [3.05, 3.63) is 0 Å². The molecule has 3 rings (SSSR count). The molecule has 15 atom stereocenters. The summed E-state index contributed by atoms with van der Waals surface area (Å²) in [6.45, 7) is 1.36. The van der Waals surface area contributed by atoms with Gasteiger partial charge in [0.1, 0.15) is 67.1 Å². The number of carbonyl (C=O) groups is 2. The van der Waals surface area contributed by atoms with E-state index in [2.05, 4.69) is 10.1 Å². The Labute approximate surface area is 278 Å². The summed E-state index contributed by atoms with van der Waals surface area (Å²) in [6, 6.07) is -1.20. The van der Waals surface area contributed by atoms with Gasteiger partial charge in [-0.1, -0.05) is 25.7 Å². The number of unbranched alkanes of at least 4 members (excludes halogenated alkanes) is 5. The number of aliphatic hydroxyl groups excluding tert-OH is 8. The van der Waals surface area contributed by atoms with Crippen LogP contribution in [0.5, 0.6) is 0 Å². The minimum atomic E-state index is -1.83. The molecule has 0 aliphatic carbocycles. The highest BCUT2D eigenvalue weighted by Crippen LogP contribution is 2.33. The number of rotatable bonds is 17. The number of aliphatic hydroxyl groups is 8. The van der Waals surface area contributed by atoms with E-state index in [0.29, 0.717) is 12.8 Å². The van der Waals surface area contributed by atoms with Crippen LogP contribution in [0.15, 0.2) is 0 Å². The fourth-order valence-electron chi connectivity index (χ4n) is 5.89. The number of ether oxygens (including phenoxy) is 7. The monoisotopic (exact) mass is 699 g/mol. The Kier molecular flexibility index (Phi) is 16.7. The number of hydrogen-bond acceptors (Lipinski definition) is 17. The maximum Gasteiger partial charge on any atom is 0.305 e. The van der Waals surface area contributed by atoms with Gasteiger partial charge in [-0.05, 0) is 19.8 Å². The Morgan fingerprint density at radius 1 is 0.667 bits per heavy atom. The van der Waals surface area contributed by atoms with Crippen molar-refractivity contribution in [2.24, 2.45) is 0 Å². The van der Waals surface area contributed by atoms with Gasteiger partial charge in [-0.2, -0.15) is 0 Å². The average Bonchev–Trinajstić information content (AvgIpc) is 3.06. The standard InChI is InChI=1S/C30H53NO17/c1-14-20(36)23(39)25(41)29(44-14)48-27-24(40)21(37)16(12-32)46-30(27)47-26-19(31-15(2)34)28(45-17(13-33)22(26)38)43-11-9-7-5-4-6-8-10-18(35)42-3/h14,16-17,19-30,32-33,36-41H,4-13H2,1-3H3,(H,31,34)/t14-,16+,17+,19+,20+,21-,22+,23+,24-,25-,26+,27+,28+,29-,30-/m0/s1. The molecule has 1 amide bonds. The summed E-state index contributed by atoms with van der Waals surface area (Å²) in [5.41, 5.74) is 0. The quantitative estimate of drug-likeness (QED) is 0.0527. The van der Waals surface area contributed by atoms with E-state index < -0.39 is 111 Å². The number of methoxy groups -OCH3 is 1. The summed E-state index contributed by atoms with van der Waals surface area (Å²) in [7, 11) is 1.35. The molecule has 18 heteroatoms. The molecule has 3 aliphatic heterocycles. The Hall–Kier alpha value is -1.62. The molecule has 18 nitrogen and oxygen atoms in total. The van der Waals surface area contributed by atoms with E-state index in [0.717, 1.165) is 32.1 Å². The second-order valence-electron chi connectivity index (χ2n) is 12.4. The van der Waals surface area contributed by atoms with Crippen molar-refractivity contribution < 1.29 is 83.6 Å². The van der Waals surface area contributed by atoms with Gasteiger partial charge in [-0.25, -0.2) is 0 Å². The van der Waals surface area contributed by atoms with E-state index in [1.807, 2.05) is 0 Å². The summed E-state index contributed by atoms with van der Waals surface area (Å²) >= 11 is 0. The van der Waals surface area contributed by atoms with Gasteiger partial charge in [0.15, 0.2) is 18.9 Å². The van der Waals surface area contributed by atoms with E-state index >= 15 is 0 Å². The molecule has 48 heavy (non-hydrogen) atoms. The van der Waals surface area contributed by atoms with Crippen molar-refractivity contribution in [1.82, 2.24) is 5.32 Å². The molecule has 280 valence electrons. The minimum absolute atomic E-state index is 0.177. The Balaban J connectivity index is 1.73. The van der Waals surface area contributed by atoms with Crippen LogP contribution in [-0.4, -0.2) is 172 Å². The number of amides is 1. The predicted octanol–water partition coefficient (Wildman–Crippen LogP) is -3.47. The Bertz CT molecular complexity index is 978. The normalized spacial score (nSPS) is 40.4. The first-order chi connectivity index (χ1) is 22.8. The van der Waals surface area contributed by atoms with Crippen LogP contribution in [0.2, 0.25) is 0 Å². The van der Waals surface area contributed by atoms with Gasteiger partial charge in [0, 0.05) is 20.0 Å². The molecule has 3 heterocycles. The van der Waals surface area contributed by atoms with E-state index in [1.165, 1.54) is 21.0 Å². The second kappa shape index (κ2) is 19.7. The highest BCUT2D eigenvalue weighted by molar-refractivity contribution is 5.73. The van der Waals surface area contributed by atoms with Gasteiger partial charge < -0.3 is 79.3 Å². The molecule has 0 saturated carbocycles. The molecule has 3 saturated heterocycles. The lowest BCUT2D eigenvalue weighted by Crippen LogP contribution is -2.69. The maximum absolute atomic E-state index is 12.3. The number of nitrogens with one attached hydrogen (secondary N) is 1. The molecular weight excluding hydrogens is 646 g/mol. The molecule has 3 fully saturated rings. The van der Waals surface area contributed by atoms with Crippen LogP contribution in [0.1, 0.15) is 58.8 Å². The summed E-state index contributed by atoms with van der Waals surface area (Å²) in [5.74, 6) is -0.792. The molecule has 9 N–H and O–H groups in total. The molecule has 0 aromatic rings. The maximum atomic E-state index is 12.3. The van der Waals surface area contributed by atoms with Crippen LogP contribution in [0.4, 0.5) is 0 Å². The number of carbonyl (C=O) groups excluding carboxylic acids is 2. The van der Waals surface area contributed by atoms with E-state index in [4.69, 9.17) is 28.4 Å². The first-order valence-corrected chi connectivity index (χ1v) is 16.4. The zero-order valence-electron chi connectivity index (χ0n) is 27.5. The van der Waals surface area contributed by atoms with Crippen LogP contribution < -0.4 is 5.32 Å². The van der Waals surface area contributed by atoms with Crippen molar-refractivity contribution in [1.29, 1.82) is 0 Å².